The summed E-state index contributed by atoms with van der Waals surface area (Å²) >= 11 is 0. The standard InChI is InChI=1S/C22H32O4Si/c1-21(2,3)27(7,8)26-17-14-22(4,15-17)12-11-16-9-10-18(20(23)25-6)19(13-16)24-5/h9-10,13,17H,14-15H2,1-8H3. The molecule has 0 bridgehead atoms. The maximum absolute atomic E-state index is 11.7. The summed E-state index contributed by atoms with van der Waals surface area (Å²) in [5.41, 5.74) is 1.21. The summed E-state index contributed by atoms with van der Waals surface area (Å²) in [5, 5.41) is 0.225. The molecule has 0 N–H and O–H groups in total. The van der Waals surface area contributed by atoms with E-state index in [-0.39, 0.29) is 10.5 Å². The fourth-order valence-corrected chi connectivity index (χ4v) is 4.35. The molecule has 0 saturated heterocycles. The van der Waals surface area contributed by atoms with Crippen LogP contribution in [-0.4, -0.2) is 34.6 Å². The van der Waals surface area contributed by atoms with Crippen LogP contribution in [0.15, 0.2) is 18.2 Å². The SMILES string of the molecule is COC(=O)c1ccc(C#CC2(C)CC(O[Si](C)(C)C(C)(C)C)C2)cc1OC. The summed E-state index contributed by atoms with van der Waals surface area (Å²) in [6, 6.07) is 5.31. The first-order chi connectivity index (χ1) is 12.4. The molecule has 0 spiro atoms. The molecule has 0 atom stereocenters. The molecular formula is C22H32O4Si. The third kappa shape index (κ3) is 4.94. The smallest absolute Gasteiger partial charge is 0.341 e. The normalized spacial score (nSPS) is 22.3. The third-order valence-corrected chi connectivity index (χ3v) is 10.3. The molecular weight excluding hydrogens is 356 g/mol. The van der Waals surface area contributed by atoms with Crippen molar-refractivity contribution in [3.63, 3.8) is 0 Å². The molecule has 0 amide bonds. The van der Waals surface area contributed by atoms with Crippen LogP contribution in [0.2, 0.25) is 18.1 Å². The Morgan fingerprint density at radius 1 is 1.22 bits per heavy atom. The second-order valence-corrected chi connectivity index (χ2v) is 13.9. The Bertz CT molecular complexity index is 759. The second kappa shape index (κ2) is 7.69. The van der Waals surface area contributed by atoms with Crippen molar-refractivity contribution in [2.75, 3.05) is 14.2 Å². The summed E-state index contributed by atoms with van der Waals surface area (Å²) in [7, 11) is 1.16. The molecule has 1 fully saturated rings. The van der Waals surface area contributed by atoms with Gasteiger partial charge in [-0.15, -0.1) is 0 Å². The predicted molar refractivity (Wildman–Crippen MR) is 111 cm³/mol. The van der Waals surface area contributed by atoms with Crippen molar-refractivity contribution in [2.24, 2.45) is 5.41 Å². The van der Waals surface area contributed by atoms with Gasteiger partial charge in [0.2, 0.25) is 0 Å². The van der Waals surface area contributed by atoms with Gasteiger partial charge in [0.25, 0.3) is 0 Å². The van der Waals surface area contributed by atoms with Gasteiger partial charge in [-0.3, -0.25) is 0 Å². The minimum Gasteiger partial charge on any atom is -0.496 e. The van der Waals surface area contributed by atoms with Crippen molar-refractivity contribution in [3.8, 4) is 17.6 Å². The monoisotopic (exact) mass is 388 g/mol. The van der Waals surface area contributed by atoms with E-state index in [2.05, 4.69) is 52.6 Å². The number of rotatable bonds is 4. The minimum atomic E-state index is -1.73. The lowest BCUT2D eigenvalue weighted by Crippen LogP contribution is -2.50. The van der Waals surface area contributed by atoms with Gasteiger partial charge >= 0.3 is 5.97 Å². The van der Waals surface area contributed by atoms with Gasteiger partial charge in [0.15, 0.2) is 8.32 Å². The summed E-state index contributed by atoms with van der Waals surface area (Å²) < 4.78 is 16.5. The molecule has 1 aliphatic rings. The second-order valence-electron chi connectivity index (χ2n) is 9.13. The van der Waals surface area contributed by atoms with Crippen molar-refractivity contribution >= 4 is 14.3 Å². The highest BCUT2D eigenvalue weighted by Crippen LogP contribution is 2.46. The average Bonchev–Trinajstić information content (AvgIpc) is 2.56. The molecule has 0 aliphatic heterocycles. The number of ether oxygens (including phenoxy) is 2. The molecule has 2 rings (SSSR count). The maximum Gasteiger partial charge on any atom is 0.341 e. The number of methoxy groups -OCH3 is 2. The van der Waals surface area contributed by atoms with Gasteiger partial charge in [0.1, 0.15) is 11.3 Å². The minimum absolute atomic E-state index is 0.0265. The van der Waals surface area contributed by atoms with Crippen LogP contribution in [0.5, 0.6) is 5.75 Å². The highest BCUT2D eigenvalue weighted by molar-refractivity contribution is 6.74. The lowest BCUT2D eigenvalue weighted by atomic mass is 9.69. The predicted octanol–water partition coefficient (Wildman–Crippen LogP) is 5.02. The highest BCUT2D eigenvalue weighted by atomic mass is 28.4. The van der Waals surface area contributed by atoms with Crippen LogP contribution in [0, 0.1) is 17.3 Å². The van der Waals surface area contributed by atoms with E-state index >= 15 is 0 Å². The van der Waals surface area contributed by atoms with Crippen LogP contribution >= 0.6 is 0 Å². The molecule has 0 unspecified atom stereocenters. The van der Waals surface area contributed by atoms with E-state index in [4.69, 9.17) is 13.9 Å². The third-order valence-electron chi connectivity index (χ3n) is 5.74. The number of hydrogen-bond donors (Lipinski definition) is 0. The number of carbonyl (C=O) groups is 1. The maximum atomic E-state index is 11.7. The largest absolute Gasteiger partial charge is 0.496 e. The zero-order chi connectivity index (χ0) is 20.5. The summed E-state index contributed by atoms with van der Waals surface area (Å²) in [6.45, 7) is 13.6. The van der Waals surface area contributed by atoms with E-state index in [9.17, 15) is 4.79 Å². The number of benzene rings is 1. The Hall–Kier alpha value is -1.77. The molecule has 27 heavy (non-hydrogen) atoms. The van der Waals surface area contributed by atoms with E-state index in [0.717, 1.165) is 18.4 Å². The zero-order valence-corrected chi connectivity index (χ0v) is 18.9. The average molecular weight is 389 g/mol. The van der Waals surface area contributed by atoms with Gasteiger partial charge in [-0.25, -0.2) is 4.79 Å². The molecule has 0 heterocycles. The van der Waals surface area contributed by atoms with Gasteiger partial charge < -0.3 is 13.9 Å². The molecule has 1 aliphatic carbocycles. The van der Waals surface area contributed by atoms with Gasteiger partial charge in [-0.2, -0.15) is 0 Å². The number of hydrogen-bond acceptors (Lipinski definition) is 4. The fraction of sp³-hybridized carbons (Fsp3) is 0.591. The Kier molecular flexibility index (Phi) is 6.13. The fourth-order valence-electron chi connectivity index (χ4n) is 2.99. The van der Waals surface area contributed by atoms with Crippen LogP contribution in [-0.2, 0) is 9.16 Å². The Labute approximate surface area is 164 Å². The van der Waals surface area contributed by atoms with Crippen LogP contribution < -0.4 is 4.74 Å². The van der Waals surface area contributed by atoms with Crippen molar-refractivity contribution in [3.05, 3.63) is 29.3 Å². The van der Waals surface area contributed by atoms with E-state index in [1.165, 1.54) is 14.2 Å². The van der Waals surface area contributed by atoms with E-state index in [0.29, 0.717) is 17.4 Å². The quantitative estimate of drug-likeness (QED) is 0.412. The van der Waals surface area contributed by atoms with Crippen LogP contribution in [0.3, 0.4) is 0 Å². The number of esters is 1. The lowest BCUT2D eigenvalue weighted by Gasteiger charge is -2.47. The first-order valence-corrected chi connectivity index (χ1v) is 12.3. The molecule has 1 aromatic rings. The highest BCUT2D eigenvalue weighted by Gasteiger charge is 2.46. The molecule has 0 aromatic heterocycles. The van der Waals surface area contributed by atoms with Crippen LogP contribution in [0.1, 0.15) is 56.5 Å². The lowest BCUT2D eigenvalue weighted by molar-refractivity contribution is 0.0245. The van der Waals surface area contributed by atoms with Gasteiger partial charge in [0, 0.05) is 17.1 Å². The van der Waals surface area contributed by atoms with E-state index < -0.39 is 14.3 Å². The molecule has 5 heteroatoms. The zero-order valence-electron chi connectivity index (χ0n) is 17.9. The van der Waals surface area contributed by atoms with Gasteiger partial charge in [-0.05, 0) is 56.1 Å². The van der Waals surface area contributed by atoms with Crippen molar-refractivity contribution in [2.45, 2.75) is 64.8 Å². The van der Waals surface area contributed by atoms with Crippen molar-refractivity contribution in [1.29, 1.82) is 0 Å². The van der Waals surface area contributed by atoms with E-state index in [1.807, 2.05) is 6.07 Å². The molecule has 1 aromatic carbocycles. The Morgan fingerprint density at radius 3 is 2.37 bits per heavy atom. The summed E-state index contributed by atoms with van der Waals surface area (Å²) in [5.74, 6) is 6.69. The molecule has 1 saturated carbocycles. The topological polar surface area (TPSA) is 44.8 Å². The van der Waals surface area contributed by atoms with E-state index in [1.54, 1.807) is 12.1 Å². The Morgan fingerprint density at radius 2 is 1.85 bits per heavy atom. The van der Waals surface area contributed by atoms with Gasteiger partial charge in [-0.1, -0.05) is 32.6 Å². The summed E-state index contributed by atoms with van der Waals surface area (Å²) in [6.07, 6.45) is 2.23. The summed E-state index contributed by atoms with van der Waals surface area (Å²) in [4.78, 5) is 11.7. The first-order valence-electron chi connectivity index (χ1n) is 9.38. The van der Waals surface area contributed by atoms with Crippen molar-refractivity contribution < 1.29 is 18.7 Å². The molecule has 0 radical (unpaired) electrons. The van der Waals surface area contributed by atoms with Crippen LogP contribution in [0.4, 0.5) is 0 Å². The molecule has 148 valence electrons. The van der Waals surface area contributed by atoms with Crippen LogP contribution in [0.25, 0.3) is 0 Å². The van der Waals surface area contributed by atoms with Crippen molar-refractivity contribution in [1.82, 2.24) is 0 Å². The van der Waals surface area contributed by atoms with Gasteiger partial charge in [0.05, 0.1) is 14.2 Å². The first kappa shape index (κ1) is 21.5. The number of carbonyl (C=O) groups excluding carboxylic acids is 1. The Balaban J connectivity index is 2.06. The molecule has 4 nitrogen and oxygen atoms in total.